The van der Waals surface area contributed by atoms with Crippen LogP contribution in [0.1, 0.15) is 36.7 Å². The number of aromatic nitrogens is 3. The molecule has 0 N–H and O–H groups in total. The Kier molecular flexibility index (Phi) is 3.24. The third-order valence-electron chi connectivity index (χ3n) is 2.10. The van der Waals surface area contributed by atoms with Gasteiger partial charge in [-0.2, -0.15) is 4.98 Å². The van der Waals surface area contributed by atoms with Crippen LogP contribution < -0.4 is 0 Å². The van der Waals surface area contributed by atoms with Gasteiger partial charge in [0.2, 0.25) is 5.76 Å². The van der Waals surface area contributed by atoms with Crippen molar-refractivity contribution in [1.82, 2.24) is 15.3 Å². The molecule has 0 amide bonds. The Balaban J connectivity index is 2.19. The van der Waals surface area contributed by atoms with Gasteiger partial charge in [0.15, 0.2) is 5.82 Å². The summed E-state index contributed by atoms with van der Waals surface area (Å²) in [5.74, 6) is 1.28. The highest BCUT2D eigenvalue weighted by Gasteiger charge is 2.18. The van der Waals surface area contributed by atoms with E-state index in [2.05, 4.69) is 22.2 Å². The lowest BCUT2D eigenvalue weighted by molar-refractivity contribution is 0.379. The number of hydrogen-bond donors (Lipinski definition) is 0. The first kappa shape index (κ1) is 11.1. The number of nitrogens with zero attached hydrogens (tertiary/aromatic N) is 3. The average Bonchev–Trinajstić information content (AvgIpc) is 2.85. The smallest absolute Gasteiger partial charge is 0.296 e. The predicted octanol–water partition coefficient (Wildman–Crippen LogP) is 3.11. The molecule has 1 unspecified atom stereocenters. The summed E-state index contributed by atoms with van der Waals surface area (Å²) in [4.78, 5) is 4.17. The summed E-state index contributed by atoms with van der Waals surface area (Å²) in [5, 5.41) is 7.35. The van der Waals surface area contributed by atoms with Crippen LogP contribution >= 0.6 is 11.6 Å². The van der Waals surface area contributed by atoms with Gasteiger partial charge in [0, 0.05) is 6.07 Å². The van der Waals surface area contributed by atoms with E-state index in [4.69, 9.17) is 20.6 Å². The molecule has 0 aliphatic carbocycles. The number of hydrogen-bond acceptors (Lipinski definition) is 5. The summed E-state index contributed by atoms with van der Waals surface area (Å²) < 4.78 is 10.1. The maximum Gasteiger partial charge on any atom is 0.296 e. The lowest BCUT2D eigenvalue weighted by atomic mass is 10.2. The van der Waals surface area contributed by atoms with E-state index in [9.17, 15) is 0 Å². The molecule has 2 heterocycles. The molecule has 6 heteroatoms. The summed E-state index contributed by atoms with van der Waals surface area (Å²) in [6.07, 6.45) is 1.79. The Morgan fingerprint density at radius 1 is 1.38 bits per heavy atom. The van der Waals surface area contributed by atoms with E-state index >= 15 is 0 Å². The van der Waals surface area contributed by atoms with Crippen molar-refractivity contribution >= 4 is 11.6 Å². The molecule has 0 aromatic carbocycles. The molecule has 5 nitrogen and oxygen atoms in total. The van der Waals surface area contributed by atoms with Crippen molar-refractivity contribution in [3.63, 3.8) is 0 Å². The maximum absolute atomic E-state index is 6.08. The van der Waals surface area contributed by atoms with Gasteiger partial charge in [-0.05, 0) is 13.3 Å². The van der Waals surface area contributed by atoms with Gasteiger partial charge in [-0.25, -0.2) is 0 Å². The summed E-state index contributed by atoms with van der Waals surface area (Å²) in [7, 11) is 0. The molecule has 0 radical (unpaired) electrons. The van der Waals surface area contributed by atoms with Crippen molar-refractivity contribution in [1.29, 1.82) is 0 Å². The van der Waals surface area contributed by atoms with Gasteiger partial charge in [-0.1, -0.05) is 23.7 Å². The van der Waals surface area contributed by atoms with E-state index in [1.165, 1.54) is 0 Å². The van der Waals surface area contributed by atoms with Crippen molar-refractivity contribution in [3.8, 4) is 11.7 Å². The van der Waals surface area contributed by atoms with Crippen LogP contribution in [0.3, 0.4) is 0 Å². The lowest BCUT2D eigenvalue weighted by Crippen LogP contribution is -1.92. The average molecular weight is 242 g/mol. The summed E-state index contributed by atoms with van der Waals surface area (Å²) in [5.41, 5.74) is 0.769. The molecule has 0 saturated carbocycles. The zero-order valence-corrected chi connectivity index (χ0v) is 9.86. The van der Waals surface area contributed by atoms with Gasteiger partial charge in [-0.3, -0.25) is 0 Å². The Hall–Kier alpha value is -1.36. The number of rotatable bonds is 4. The topological polar surface area (TPSA) is 65.0 Å². The molecule has 0 bridgehead atoms. The minimum absolute atomic E-state index is 0.216. The fraction of sp³-hybridized carbons (Fsp3) is 0.500. The van der Waals surface area contributed by atoms with Gasteiger partial charge in [0.25, 0.3) is 5.89 Å². The molecule has 0 fully saturated rings. The van der Waals surface area contributed by atoms with Gasteiger partial charge >= 0.3 is 0 Å². The first-order chi connectivity index (χ1) is 7.70. The lowest BCUT2D eigenvalue weighted by Gasteiger charge is -1.99. The molecule has 2 aromatic heterocycles. The molecule has 0 saturated heterocycles. The number of aryl methyl sites for hydroxylation is 1. The maximum atomic E-state index is 6.08. The van der Waals surface area contributed by atoms with E-state index in [-0.39, 0.29) is 5.38 Å². The summed E-state index contributed by atoms with van der Waals surface area (Å²) >= 11 is 6.08. The second-order valence-electron chi connectivity index (χ2n) is 3.55. The van der Waals surface area contributed by atoms with Crippen LogP contribution in [0.2, 0.25) is 0 Å². The third-order valence-corrected chi connectivity index (χ3v) is 2.52. The molecule has 2 rings (SSSR count). The quantitative estimate of drug-likeness (QED) is 0.770. The first-order valence-corrected chi connectivity index (χ1v) is 5.55. The standard InChI is InChI=1S/C10H12ClN3O2/c1-3-4-7(11)9-12-10(16-14-9)8-5-6(2)13-15-8/h5,7H,3-4H2,1-2H3. The zero-order valence-electron chi connectivity index (χ0n) is 9.11. The highest BCUT2D eigenvalue weighted by atomic mass is 35.5. The van der Waals surface area contributed by atoms with Gasteiger partial charge in [0.05, 0.1) is 11.1 Å². The van der Waals surface area contributed by atoms with Crippen LogP contribution in [0, 0.1) is 6.92 Å². The third kappa shape index (κ3) is 2.24. The Bertz CT molecular complexity index is 466. The SMILES string of the molecule is CCCC(Cl)c1noc(-c2cc(C)no2)n1. The molecule has 86 valence electrons. The van der Waals surface area contributed by atoms with E-state index < -0.39 is 0 Å². The van der Waals surface area contributed by atoms with Crippen molar-refractivity contribution in [2.75, 3.05) is 0 Å². The molecule has 1 atom stereocenters. The second kappa shape index (κ2) is 4.65. The van der Waals surface area contributed by atoms with Crippen LogP contribution in [0.15, 0.2) is 15.1 Å². The fourth-order valence-corrected chi connectivity index (χ4v) is 1.62. The fourth-order valence-electron chi connectivity index (χ4n) is 1.31. The minimum Gasteiger partial charge on any atom is -0.351 e. The minimum atomic E-state index is -0.216. The predicted molar refractivity (Wildman–Crippen MR) is 58.0 cm³/mol. The highest BCUT2D eigenvalue weighted by molar-refractivity contribution is 6.20. The van der Waals surface area contributed by atoms with Crippen molar-refractivity contribution < 1.29 is 9.05 Å². The zero-order chi connectivity index (χ0) is 11.5. The molecule has 0 aliphatic heterocycles. The molecular formula is C10H12ClN3O2. The molecular weight excluding hydrogens is 230 g/mol. The molecule has 16 heavy (non-hydrogen) atoms. The van der Waals surface area contributed by atoms with Crippen LogP contribution in [0.25, 0.3) is 11.7 Å². The summed E-state index contributed by atoms with van der Waals surface area (Å²) in [6.45, 7) is 3.88. The number of alkyl halides is 1. The Morgan fingerprint density at radius 3 is 2.81 bits per heavy atom. The Labute approximate surface area is 97.8 Å². The summed E-state index contributed by atoms with van der Waals surface area (Å²) in [6, 6.07) is 1.74. The molecule has 0 aliphatic rings. The van der Waals surface area contributed by atoms with Crippen molar-refractivity contribution in [2.24, 2.45) is 0 Å². The van der Waals surface area contributed by atoms with Crippen molar-refractivity contribution in [2.45, 2.75) is 32.1 Å². The second-order valence-corrected chi connectivity index (χ2v) is 4.07. The van der Waals surface area contributed by atoms with Crippen LogP contribution in [-0.2, 0) is 0 Å². The van der Waals surface area contributed by atoms with E-state index in [0.29, 0.717) is 17.5 Å². The van der Waals surface area contributed by atoms with E-state index in [0.717, 1.165) is 18.5 Å². The monoisotopic (exact) mass is 241 g/mol. The van der Waals surface area contributed by atoms with Crippen LogP contribution in [-0.4, -0.2) is 15.3 Å². The van der Waals surface area contributed by atoms with E-state index in [1.54, 1.807) is 6.07 Å². The van der Waals surface area contributed by atoms with Gasteiger partial charge in [0.1, 0.15) is 0 Å². The van der Waals surface area contributed by atoms with E-state index in [1.807, 2.05) is 6.92 Å². The first-order valence-electron chi connectivity index (χ1n) is 5.12. The Morgan fingerprint density at radius 2 is 2.19 bits per heavy atom. The number of halogens is 1. The van der Waals surface area contributed by atoms with Crippen LogP contribution in [0.4, 0.5) is 0 Å². The van der Waals surface area contributed by atoms with Crippen molar-refractivity contribution in [3.05, 3.63) is 17.6 Å². The van der Waals surface area contributed by atoms with Gasteiger partial charge < -0.3 is 9.05 Å². The van der Waals surface area contributed by atoms with Gasteiger partial charge in [-0.15, -0.1) is 11.6 Å². The molecule has 2 aromatic rings. The largest absolute Gasteiger partial charge is 0.351 e. The highest BCUT2D eigenvalue weighted by Crippen LogP contribution is 2.25. The van der Waals surface area contributed by atoms with Crippen LogP contribution in [0.5, 0.6) is 0 Å². The normalized spacial score (nSPS) is 12.9. The molecule has 0 spiro atoms.